The summed E-state index contributed by atoms with van der Waals surface area (Å²) >= 11 is 0. The Kier molecular flexibility index (Phi) is 3.65. The second kappa shape index (κ2) is 5.92. The molecule has 2 aromatic carbocycles. The summed E-state index contributed by atoms with van der Waals surface area (Å²) < 4.78 is 35.8. The van der Waals surface area contributed by atoms with Crippen LogP contribution in [0.15, 0.2) is 47.5 Å². The predicted octanol–water partition coefficient (Wildman–Crippen LogP) is 3.25. The van der Waals surface area contributed by atoms with Crippen molar-refractivity contribution in [3.8, 4) is 22.6 Å². The van der Waals surface area contributed by atoms with Crippen molar-refractivity contribution in [2.24, 2.45) is 10.7 Å². The van der Waals surface area contributed by atoms with Crippen molar-refractivity contribution < 1.29 is 23.0 Å². The molecule has 2 spiro atoms. The number of benzene rings is 2. The summed E-state index contributed by atoms with van der Waals surface area (Å²) in [7, 11) is 1.61. The molecule has 0 aromatic heterocycles. The van der Waals surface area contributed by atoms with Gasteiger partial charge in [0, 0.05) is 19.0 Å². The highest BCUT2D eigenvalue weighted by atomic mass is 19.3. The van der Waals surface area contributed by atoms with Gasteiger partial charge in [0.15, 0.2) is 11.5 Å². The van der Waals surface area contributed by atoms with Crippen LogP contribution in [0.4, 0.5) is 8.78 Å². The number of ether oxygens (including phenoxy) is 2. The Hall–Kier alpha value is -3.16. The average molecular weight is 399 g/mol. The quantitative estimate of drug-likeness (QED) is 0.860. The summed E-state index contributed by atoms with van der Waals surface area (Å²) in [5.74, 6) is 0.670. The lowest BCUT2D eigenvalue weighted by atomic mass is 9.79. The van der Waals surface area contributed by atoms with Crippen LogP contribution in [0.25, 0.3) is 11.1 Å². The molecule has 1 atom stereocenters. The monoisotopic (exact) mass is 399 g/mol. The van der Waals surface area contributed by atoms with Crippen LogP contribution in [-0.2, 0) is 10.3 Å². The van der Waals surface area contributed by atoms with Crippen molar-refractivity contribution in [3.05, 3.63) is 48.0 Å². The van der Waals surface area contributed by atoms with Crippen LogP contribution in [0, 0.1) is 0 Å². The molecule has 8 heteroatoms. The number of guanidine groups is 1. The molecule has 1 saturated carbocycles. The normalized spacial score (nSPS) is 23.9. The second-order valence-electron chi connectivity index (χ2n) is 7.77. The van der Waals surface area contributed by atoms with E-state index in [0.717, 1.165) is 18.4 Å². The molecule has 1 fully saturated rings. The Balaban J connectivity index is 1.62. The van der Waals surface area contributed by atoms with Crippen molar-refractivity contribution in [1.29, 1.82) is 0 Å². The minimum absolute atomic E-state index is 0.0667. The molecule has 5 rings (SSSR count). The van der Waals surface area contributed by atoms with Gasteiger partial charge in [-0.05, 0) is 48.2 Å². The van der Waals surface area contributed by atoms with E-state index in [4.69, 9.17) is 10.5 Å². The van der Waals surface area contributed by atoms with Crippen LogP contribution < -0.4 is 15.2 Å². The molecule has 1 unspecified atom stereocenters. The number of amides is 1. The number of nitrogens with zero attached hydrogens (tertiary/aromatic N) is 2. The highest BCUT2D eigenvalue weighted by Crippen LogP contribution is 2.57. The maximum Gasteiger partial charge on any atom is 0.387 e. The highest BCUT2D eigenvalue weighted by molar-refractivity contribution is 6.07. The standard InChI is InChI=1S/C21H19F2N3O3/c1-26-17(27)21(25-19(26)24)11-20(7-8-20)29-16-6-5-13(10-15(16)21)12-3-2-4-14(9-12)28-18(22)23/h2-6,9-10,18H,7-8,11H2,1H3,(H2,24,25). The Labute approximate surface area is 165 Å². The van der Waals surface area contributed by atoms with Crippen molar-refractivity contribution in [2.75, 3.05) is 7.05 Å². The number of carbonyl (C=O) groups excluding carboxylic acids is 1. The first kappa shape index (κ1) is 17.9. The van der Waals surface area contributed by atoms with E-state index in [9.17, 15) is 13.6 Å². The van der Waals surface area contributed by atoms with Crippen molar-refractivity contribution >= 4 is 11.9 Å². The summed E-state index contributed by atoms with van der Waals surface area (Å²) in [4.78, 5) is 19.1. The number of rotatable bonds is 3. The molecule has 29 heavy (non-hydrogen) atoms. The summed E-state index contributed by atoms with van der Waals surface area (Å²) in [6.45, 7) is -2.90. The summed E-state index contributed by atoms with van der Waals surface area (Å²) in [6, 6.07) is 11.9. The van der Waals surface area contributed by atoms with E-state index in [1.54, 1.807) is 19.2 Å². The van der Waals surface area contributed by atoms with E-state index in [-0.39, 0.29) is 23.2 Å². The number of carbonyl (C=O) groups is 1. The molecule has 2 heterocycles. The van der Waals surface area contributed by atoms with Crippen LogP contribution >= 0.6 is 0 Å². The van der Waals surface area contributed by atoms with E-state index in [0.29, 0.717) is 23.3 Å². The number of halogens is 2. The number of nitrogens with two attached hydrogens (primary N) is 1. The lowest BCUT2D eigenvalue weighted by molar-refractivity contribution is -0.132. The fourth-order valence-electron chi connectivity index (χ4n) is 4.21. The summed E-state index contributed by atoms with van der Waals surface area (Å²) in [5, 5.41) is 0. The maximum absolute atomic E-state index is 13.2. The van der Waals surface area contributed by atoms with Crippen molar-refractivity contribution in [2.45, 2.75) is 37.0 Å². The first-order valence-electron chi connectivity index (χ1n) is 9.34. The highest BCUT2D eigenvalue weighted by Gasteiger charge is 2.62. The van der Waals surface area contributed by atoms with Gasteiger partial charge in [0.2, 0.25) is 0 Å². The first-order chi connectivity index (χ1) is 13.8. The number of hydrogen-bond acceptors (Lipinski definition) is 5. The molecular formula is C21H19F2N3O3. The molecule has 1 aliphatic carbocycles. The Morgan fingerprint density at radius 1 is 1.21 bits per heavy atom. The van der Waals surface area contributed by atoms with Gasteiger partial charge in [-0.3, -0.25) is 9.69 Å². The van der Waals surface area contributed by atoms with Gasteiger partial charge in [-0.1, -0.05) is 18.2 Å². The van der Waals surface area contributed by atoms with Gasteiger partial charge >= 0.3 is 6.61 Å². The van der Waals surface area contributed by atoms with Crippen LogP contribution in [0.2, 0.25) is 0 Å². The second-order valence-corrected chi connectivity index (χ2v) is 7.77. The van der Waals surface area contributed by atoms with E-state index in [2.05, 4.69) is 9.73 Å². The molecule has 6 nitrogen and oxygen atoms in total. The number of aliphatic imine (C=N–C) groups is 1. The predicted molar refractivity (Wildman–Crippen MR) is 102 cm³/mol. The third-order valence-corrected chi connectivity index (χ3v) is 5.84. The number of alkyl halides is 2. The zero-order valence-corrected chi connectivity index (χ0v) is 15.7. The topological polar surface area (TPSA) is 77.2 Å². The van der Waals surface area contributed by atoms with Crippen molar-refractivity contribution in [3.63, 3.8) is 0 Å². The zero-order valence-electron chi connectivity index (χ0n) is 15.7. The maximum atomic E-state index is 13.2. The van der Waals surface area contributed by atoms with Crippen LogP contribution in [-0.4, -0.2) is 36.0 Å². The molecule has 0 bridgehead atoms. The van der Waals surface area contributed by atoms with Gasteiger partial charge in [0.25, 0.3) is 5.91 Å². The van der Waals surface area contributed by atoms with Crippen molar-refractivity contribution in [1.82, 2.24) is 4.90 Å². The van der Waals surface area contributed by atoms with Crippen LogP contribution in [0.3, 0.4) is 0 Å². The Morgan fingerprint density at radius 3 is 2.62 bits per heavy atom. The van der Waals surface area contributed by atoms with Gasteiger partial charge in [-0.25, -0.2) is 4.99 Å². The van der Waals surface area contributed by atoms with Gasteiger partial charge < -0.3 is 15.2 Å². The average Bonchev–Trinajstić information content (AvgIpc) is 3.39. The van der Waals surface area contributed by atoms with Crippen LogP contribution in [0.5, 0.6) is 11.5 Å². The molecule has 3 aliphatic rings. The summed E-state index contributed by atoms with van der Waals surface area (Å²) in [6.07, 6.45) is 2.18. The molecule has 2 aliphatic heterocycles. The zero-order chi connectivity index (χ0) is 20.4. The Morgan fingerprint density at radius 2 is 1.97 bits per heavy atom. The smallest absolute Gasteiger partial charge is 0.387 e. The Bertz CT molecular complexity index is 1050. The SMILES string of the molecule is CN1C(=O)C2(CC3(CC3)Oc3ccc(-c4cccc(OC(F)F)c4)cc32)N=C1N. The van der Waals surface area contributed by atoms with E-state index >= 15 is 0 Å². The molecule has 0 saturated heterocycles. The fraction of sp³-hybridized carbons (Fsp3) is 0.333. The molecule has 2 N–H and O–H groups in total. The van der Waals surface area contributed by atoms with Gasteiger partial charge in [-0.15, -0.1) is 0 Å². The van der Waals surface area contributed by atoms with Gasteiger partial charge in [0.1, 0.15) is 17.1 Å². The van der Waals surface area contributed by atoms with E-state index < -0.39 is 12.2 Å². The third kappa shape index (κ3) is 2.73. The van der Waals surface area contributed by atoms with Crippen LogP contribution in [0.1, 0.15) is 24.8 Å². The number of hydrogen-bond donors (Lipinski definition) is 1. The molecule has 150 valence electrons. The molecular weight excluding hydrogens is 380 g/mol. The van der Waals surface area contributed by atoms with E-state index in [1.807, 2.05) is 18.2 Å². The lowest BCUT2D eigenvalue weighted by Crippen LogP contribution is -2.46. The largest absolute Gasteiger partial charge is 0.487 e. The van der Waals surface area contributed by atoms with Gasteiger partial charge in [-0.2, -0.15) is 8.78 Å². The minimum atomic E-state index is -2.90. The minimum Gasteiger partial charge on any atom is -0.487 e. The molecule has 1 amide bonds. The number of likely N-dealkylation sites (N-methyl/N-ethyl adjacent to an activating group) is 1. The molecule has 2 aromatic rings. The summed E-state index contributed by atoms with van der Waals surface area (Å²) in [5.41, 5.74) is 6.57. The lowest BCUT2D eigenvalue weighted by Gasteiger charge is -2.37. The van der Waals surface area contributed by atoms with E-state index in [1.165, 1.54) is 17.0 Å². The molecule has 0 radical (unpaired) electrons. The number of fused-ring (bicyclic) bond motifs is 2. The van der Waals surface area contributed by atoms with Gasteiger partial charge in [0.05, 0.1) is 0 Å². The third-order valence-electron chi connectivity index (χ3n) is 5.84. The first-order valence-corrected chi connectivity index (χ1v) is 9.34. The fourth-order valence-corrected chi connectivity index (χ4v) is 4.21.